The number of rotatable bonds is 7. The van der Waals surface area contributed by atoms with E-state index in [1.165, 1.54) is 24.8 Å². The largest absolute Gasteiger partial charge is 0.496 e. The second-order valence-corrected chi connectivity index (χ2v) is 8.29. The van der Waals surface area contributed by atoms with E-state index < -0.39 is 0 Å². The lowest BCUT2D eigenvalue weighted by atomic mass is 10.0. The van der Waals surface area contributed by atoms with Crippen LogP contribution in [0.5, 0.6) is 5.75 Å². The van der Waals surface area contributed by atoms with Gasteiger partial charge >= 0.3 is 0 Å². The maximum Gasteiger partial charge on any atom is 0.254 e. The number of likely N-dealkylation sites (tertiary alicyclic amines) is 1. The van der Waals surface area contributed by atoms with Crippen molar-refractivity contribution in [2.45, 2.75) is 39.2 Å². The molecule has 3 aromatic rings. The highest BCUT2D eigenvalue weighted by molar-refractivity contribution is 5.56. The summed E-state index contributed by atoms with van der Waals surface area (Å²) in [6, 6.07) is 12.3. The molecule has 0 radical (unpaired) electrons. The van der Waals surface area contributed by atoms with Gasteiger partial charge in [-0.1, -0.05) is 24.6 Å². The quantitative estimate of drug-likeness (QED) is 0.584. The number of para-hydroxylation sites is 1. The van der Waals surface area contributed by atoms with E-state index in [1.807, 2.05) is 31.2 Å². The lowest BCUT2D eigenvalue weighted by molar-refractivity contribution is 0.168. The molecular weight excluding hydrogens is 402 g/mol. The first-order chi connectivity index (χ1) is 15.6. The van der Waals surface area contributed by atoms with E-state index >= 15 is 0 Å². The standard InChI is InChI=1S/C25H31N5O2/c1-17-18(2)28-24(29-25(17)31)19-11-12-23(26-15-19)27-16-21(30-13-7-4-8-14-30)20-9-5-6-10-22(20)32-3/h5-6,9-12,15,21H,4,7-8,13-14,16H2,1-3H3,(H,26,27)(H,28,29,31). The molecule has 1 fully saturated rings. The van der Waals surface area contributed by atoms with Crippen molar-refractivity contribution in [3.8, 4) is 17.1 Å². The molecule has 3 heterocycles. The summed E-state index contributed by atoms with van der Waals surface area (Å²) in [7, 11) is 1.73. The monoisotopic (exact) mass is 433 g/mol. The SMILES string of the molecule is COc1ccccc1C(CNc1ccc(-c2nc(C)c(C)c(=O)[nH]2)cn1)N1CCCCC1. The molecule has 1 aliphatic heterocycles. The molecule has 1 unspecified atom stereocenters. The number of ether oxygens (including phenoxy) is 1. The molecule has 7 nitrogen and oxygen atoms in total. The van der Waals surface area contributed by atoms with Crippen LogP contribution < -0.4 is 15.6 Å². The molecule has 168 valence electrons. The zero-order chi connectivity index (χ0) is 22.5. The van der Waals surface area contributed by atoms with Crippen molar-refractivity contribution in [2.75, 3.05) is 32.1 Å². The maximum atomic E-state index is 12.1. The molecule has 0 aliphatic carbocycles. The van der Waals surface area contributed by atoms with Crippen molar-refractivity contribution >= 4 is 5.82 Å². The summed E-state index contributed by atoms with van der Waals surface area (Å²) >= 11 is 0. The maximum absolute atomic E-state index is 12.1. The average molecular weight is 434 g/mol. The number of nitrogens with zero attached hydrogens (tertiary/aromatic N) is 3. The number of nitrogens with one attached hydrogen (secondary N) is 2. The van der Waals surface area contributed by atoms with E-state index in [0.717, 1.165) is 42.5 Å². The zero-order valence-corrected chi connectivity index (χ0v) is 19.0. The Bertz CT molecular complexity index is 1100. The summed E-state index contributed by atoms with van der Waals surface area (Å²) in [4.78, 5) is 26.5. The Morgan fingerprint density at radius 1 is 1.12 bits per heavy atom. The molecule has 0 amide bonds. The van der Waals surface area contributed by atoms with Gasteiger partial charge in [0.2, 0.25) is 0 Å². The first kappa shape index (κ1) is 22.0. The van der Waals surface area contributed by atoms with Gasteiger partial charge in [-0.25, -0.2) is 9.97 Å². The molecule has 32 heavy (non-hydrogen) atoms. The topological polar surface area (TPSA) is 83.1 Å². The lowest BCUT2D eigenvalue weighted by Gasteiger charge is -2.35. The van der Waals surface area contributed by atoms with Gasteiger partial charge in [0.25, 0.3) is 5.56 Å². The van der Waals surface area contributed by atoms with Crippen LogP contribution >= 0.6 is 0 Å². The summed E-state index contributed by atoms with van der Waals surface area (Å²) in [5.41, 5.74) is 3.23. The number of aryl methyl sites for hydroxylation is 1. The molecule has 1 aromatic carbocycles. The second-order valence-electron chi connectivity index (χ2n) is 8.29. The Morgan fingerprint density at radius 2 is 1.91 bits per heavy atom. The fourth-order valence-corrected chi connectivity index (χ4v) is 4.23. The molecule has 4 rings (SSSR count). The predicted molar refractivity (Wildman–Crippen MR) is 127 cm³/mol. The summed E-state index contributed by atoms with van der Waals surface area (Å²) in [6.45, 7) is 6.52. The van der Waals surface area contributed by atoms with Crippen LogP contribution in [0.25, 0.3) is 11.4 Å². The second kappa shape index (κ2) is 9.96. The minimum absolute atomic E-state index is 0.115. The van der Waals surface area contributed by atoms with Crippen molar-refractivity contribution in [1.82, 2.24) is 19.9 Å². The van der Waals surface area contributed by atoms with Crippen LogP contribution in [-0.4, -0.2) is 46.6 Å². The summed E-state index contributed by atoms with van der Waals surface area (Å²) in [5, 5.41) is 3.50. The minimum atomic E-state index is -0.115. The fraction of sp³-hybridized carbons (Fsp3) is 0.400. The summed E-state index contributed by atoms with van der Waals surface area (Å²) < 4.78 is 5.66. The Labute approximate surface area is 188 Å². The van der Waals surface area contributed by atoms with E-state index in [0.29, 0.717) is 11.4 Å². The van der Waals surface area contributed by atoms with Crippen LogP contribution in [0.15, 0.2) is 47.4 Å². The van der Waals surface area contributed by atoms with Gasteiger partial charge in [0.1, 0.15) is 17.4 Å². The van der Waals surface area contributed by atoms with Crippen LogP contribution in [0.2, 0.25) is 0 Å². The number of methoxy groups -OCH3 is 1. The van der Waals surface area contributed by atoms with Gasteiger partial charge in [-0.3, -0.25) is 9.69 Å². The molecule has 0 bridgehead atoms. The van der Waals surface area contributed by atoms with Crippen LogP contribution in [0, 0.1) is 13.8 Å². The zero-order valence-electron chi connectivity index (χ0n) is 19.0. The smallest absolute Gasteiger partial charge is 0.254 e. The van der Waals surface area contributed by atoms with E-state index in [-0.39, 0.29) is 11.6 Å². The highest BCUT2D eigenvalue weighted by Gasteiger charge is 2.24. The van der Waals surface area contributed by atoms with Gasteiger partial charge in [0.05, 0.1) is 13.2 Å². The highest BCUT2D eigenvalue weighted by Crippen LogP contribution is 2.31. The first-order valence-electron chi connectivity index (χ1n) is 11.2. The van der Waals surface area contributed by atoms with Crippen LogP contribution in [0.4, 0.5) is 5.82 Å². The van der Waals surface area contributed by atoms with Gasteiger partial charge < -0.3 is 15.0 Å². The molecule has 1 saturated heterocycles. The Kier molecular flexibility index (Phi) is 6.85. The third-order valence-electron chi connectivity index (χ3n) is 6.24. The van der Waals surface area contributed by atoms with Gasteiger partial charge in [0, 0.05) is 35.1 Å². The number of hydrogen-bond acceptors (Lipinski definition) is 6. The number of H-pyrrole nitrogens is 1. The summed E-state index contributed by atoms with van der Waals surface area (Å²) in [6.07, 6.45) is 5.48. The minimum Gasteiger partial charge on any atom is -0.496 e. The number of pyridine rings is 1. The number of piperidine rings is 1. The molecule has 0 spiro atoms. The number of anilines is 1. The van der Waals surface area contributed by atoms with Gasteiger partial charge in [-0.05, 0) is 58.0 Å². The molecule has 7 heteroatoms. The number of aromatic nitrogens is 3. The van der Waals surface area contributed by atoms with Crippen LogP contribution in [0.1, 0.15) is 42.1 Å². The molecule has 1 aliphatic rings. The van der Waals surface area contributed by atoms with Crippen molar-refractivity contribution in [2.24, 2.45) is 0 Å². The van der Waals surface area contributed by atoms with E-state index in [4.69, 9.17) is 4.74 Å². The van der Waals surface area contributed by atoms with E-state index in [2.05, 4.69) is 37.3 Å². The van der Waals surface area contributed by atoms with E-state index in [1.54, 1.807) is 20.2 Å². The molecular formula is C25H31N5O2. The van der Waals surface area contributed by atoms with Crippen molar-refractivity contribution < 1.29 is 4.74 Å². The molecule has 2 N–H and O–H groups in total. The third-order valence-corrected chi connectivity index (χ3v) is 6.24. The molecule has 1 atom stereocenters. The summed E-state index contributed by atoms with van der Waals surface area (Å²) in [5.74, 6) is 2.24. The molecule has 0 saturated carbocycles. The third kappa shape index (κ3) is 4.83. The van der Waals surface area contributed by atoms with Gasteiger partial charge in [-0.2, -0.15) is 0 Å². The average Bonchev–Trinajstić information content (AvgIpc) is 2.83. The highest BCUT2D eigenvalue weighted by atomic mass is 16.5. The predicted octanol–water partition coefficient (Wildman–Crippen LogP) is 4.10. The fourth-order valence-electron chi connectivity index (χ4n) is 4.23. The van der Waals surface area contributed by atoms with Crippen molar-refractivity contribution in [3.63, 3.8) is 0 Å². The van der Waals surface area contributed by atoms with Crippen LogP contribution in [-0.2, 0) is 0 Å². The first-order valence-corrected chi connectivity index (χ1v) is 11.2. The van der Waals surface area contributed by atoms with Crippen molar-refractivity contribution in [1.29, 1.82) is 0 Å². The number of benzene rings is 1. The Hall–Kier alpha value is -3.19. The Balaban J connectivity index is 1.52. The number of hydrogen-bond donors (Lipinski definition) is 2. The Morgan fingerprint density at radius 3 is 2.59 bits per heavy atom. The van der Waals surface area contributed by atoms with Crippen LogP contribution in [0.3, 0.4) is 0 Å². The van der Waals surface area contributed by atoms with Crippen molar-refractivity contribution in [3.05, 3.63) is 69.8 Å². The van der Waals surface area contributed by atoms with Gasteiger partial charge in [-0.15, -0.1) is 0 Å². The molecule has 2 aromatic heterocycles. The number of aromatic amines is 1. The lowest BCUT2D eigenvalue weighted by Crippen LogP contribution is -2.37. The van der Waals surface area contributed by atoms with E-state index in [9.17, 15) is 4.79 Å². The van der Waals surface area contributed by atoms with Gasteiger partial charge in [0.15, 0.2) is 0 Å². The normalized spacial score (nSPS) is 15.3.